The second kappa shape index (κ2) is 10.9. The van der Waals surface area contributed by atoms with Gasteiger partial charge in [0.15, 0.2) is 5.96 Å². The number of nitrogens with zero attached hydrogens (tertiary/aromatic N) is 3. The fourth-order valence-corrected chi connectivity index (χ4v) is 5.42. The van der Waals surface area contributed by atoms with E-state index in [-0.39, 0.29) is 12.0 Å². The lowest BCUT2D eigenvalue weighted by Crippen LogP contribution is -2.46. The predicted octanol–water partition coefficient (Wildman–Crippen LogP) is 2.87. The molecule has 2 aliphatic heterocycles. The minimum absolute atomic E-state index is 0.258. The van der Waals surface area contributed by atoms with Crippen molar-refractivity contribution in [3.63, 3.8) is 0 Å². The smallest absolute Gasteiger partial charge is 0.225 e. The van der Waals surface area contributed by atoms with Crippen molar-refractivity contribution in [3.05, 3.63) is 24.3 Å². The van der Waals surface area contributed by atoms with Gasteiger partial charge in [0.1, 0.15) is 5.75 Å². The first-order valence-corrected chi connectivity index (χ1v) is 12.3. The molecule has 2 heterocycles. The van der Waals surface area contributed by atoms with Crippen molar-refractivity contribution >= 4 is 17.6 Å². The molecule has 1 amide bonds. The summed E-state index contributed by atoms with van der Waals surface area (Å²) >= 11 is 0. The molecule has 1 saturated carbocycles. The van der Waals surface area contributed by atoms with Gasteiger partial charge in [-0.3, -0.25) is 9.79 Å². The standard InChI is InChI=1S/C25H39N5O2/c1-26-25(28-21-13-15-30(18-21)24(31)20-8-4-3-5-9-20)27-16-19-12-14-29(17-19)22-10-6-7-11-23(22)32-2/h6-7,10-11,19-21H,3-5,8-9,12-18H2,1-2H3,(H2,26,27,28). The van der Waals surface area contributed by atoms with Gasteiger partial charge in [-0.1, -0.05) is 31.4 Å². The van der Waals surface area contributed by atoms with E-state index in [1.165, 1.54) is 24.9 Å². The highest BCUT2D eigenvalue weighted by Gasteiger charge is 2.32. The molecule has 1 aromatic rings. The Bertz CT molecular complexity index is 792. The lowest BCUT2D eigenvalue weighted by atomic mass is 9.88. The maximum absolute atomic E-state index is 12.8. The van der Waals surface area contributed by atoms with Crippen molar-refractivity contribution in [2.75, 3.05) is 51.8 Å². The number of hydrogen-bond donors (Lipinski definition) is 2. The molecule has 2 atom stereocenters. The van der Waals surface area contributed by atoms with Gasteiger partial charge in [0, 0.05) is 51.7 Å². The number of likely N-dealkylation sites (tertiary alicyclic amines) is 1. The number of aliphatic imine (C=N–C) groups is 1. The van der Waals surface area contributed by atoms with Crippen molar-refractivity contribution in [3.8, 4) is 5.75 Å². The Hall–Kier alpha value is -2.44. The number of ether oxygens (including phenoxy) is 1. The normalized spacial score (nSPS) is 24.6. The summed E-state index contributed by atoms with van der Waals surface area (Å²) in [5.74, 6) is 2.98. The number of carbonyl (C=O) groups excluding carboxylic acids is 1. The van der Waals surface area contributed by atoms with Gasteiger partial charge >= 0.3 is 0 Å². The Balaban J connectivity index is 1.21. The zero-order valence-corrected chi connectivity index (χ0v) is 19.7. The third-order valence-corrected chi connectivity index (χ3v) is 7.29. The van der Waals surface area contributed by atoms with Crippen LogP contribution >= 0.6 is 0 Å². The van der Waals surface area contributed by atoms with Crippen LogP contribution in [0.4, 0.5) is 5.69 Å². The molecule has 3 aliphatic rings. The number of para-hydroxylation sites is 2. The molecule has 0 bridgehead atoms. The summed E-state index contributed by atoms with van der Waals surface area (Å²) in [6.45, 7) is 4.60. The molecule has 2 saturated heterocycles. The fraction of sp³-hybridized carbons (Fsp3) is 0.680. The lowest BCUT2D eigenvalue weighted by molar-refractivity contribution is -0.135. The van der Waals surface area contributed by atoms with Gasteiger partial charge < -0.3 is 25.2 Å². The zero-order chi connectivity index (χ0) is 22.3. The van der Waals surface area contributed by atoms with E-state index in [9.17, 15) is 4.79 Å². The molecule has 1 aliphatic carbocycles. The van der Waals surface area contributed by atoms with Crippen molar-refractivity contribution in [1.82, 2.24) is 15.5 Å². The van der Waals surface area contributed by atoms with Gasteiger partial charge in [0.05, 0.1) is 12.8 Å². The number of nitrogens with one attached hydrogen (secondary N) is 2. The van der Waals surface area contributed by atoms with E-state index in [1.54, 1.807) is 7.11 Å². The molecule has 3 fully saturated rings. The molecule has 0 radical (unpaired) electrons. The Kier molecular flexibility index (Phi) is 7.76. The van der Waals surface area contributed by atoms with E-state index < -0.39 is 0 Å². The summed E-state index contributed by atoms with van der Waals surface area (Å²) in [6, 6.07) is 8.52. The third kappa shape index (κ3) is 5.48. The average molecular weight is 442 g/mol. The molecule has 7 heteroatoms. The van der Waals surface area contributed by atoms with E-state index in [1.807, 2.05) is 19.2 Å². The Morgan fingerprint density at radius 3 is 2.69 bits per heavy atom. The van der Waals surface area contributed by atoms with E-state index in [2.05, 4.69) is 37.6 Å². The Morgan fingerprint density at radius 1 is 1.09 bits per heavy atom. The van der Waals surface area contributed by atoms with Crippen molar-refractivity contribution in [2.45, 2.75) is 51.0 Å². The summed E-state index contributed by atoms with van der Waals surface area (Å²) in [4.78, 5) is 21.7. The summed E-state index contributed by atoms with van der Waals surface area (Å²) < 4.78 is 5.53. The minimum Gasteiger partial charge on any atom is -0.495 e. The zero-order valence-electron chi connectivity index (χ0n) is 19.7. The largest absolute Gasteiger partial charge is 0.495 e. The third-order valence-electron chi connectivity index (χ3n) is 7.29. The van der Waals surface area contributed by atoms with Crippen LogP contribution in [0.2, 0.25) is 0 Å². The second-order valence-corrected chi connectivity index (χ2v) is 9.47. The number of methoxy groups -OCH3 is 1. The van der Waals surface area contributed by atoms with Crippen molar-refractivity contribution in [2.24, 2.45) is 16.8 Å². The first kappa shape index (κ1) is 22.7. The highest BCUT2D eigenvalue weighted by atomic mass is 16.5. The quantitative estimate of drug-likeness (QED) is 0.525. The van der Waals surface area contributed by atoms with E-state index in [4.69, 9.17) is 4.74 Å². The molecule has 4 rings (SSSR count). The van der Waals surface area contributed by atoms with Crippen molar-refractivity contribution in [1.29, 1.82) is 0 Å². The summed E-state index contributed by atoms with van der Waals surface area (Å²) in [5.41, 5.74) is 1.17. The van der Waals surface area contributed by atoms with E-state index >= 15 is 0 Å². The van der Waals surface area contributed by atoms with Crippen LogP contribution < -0.4 is 20.3 Å². The average Bonchev–Trinajstić information content (AvgIpc) is 3.51. The molecule has 1 aromatic carbocycles. The number of anilines is 1. The molecule has 2 N–H and O–H groups in total. The maximum Gasteiger partial charge on any atom is 0.225 e. The molecule has 2 unspecified atom stereocenters. The highest BCUT2D eigenvalue weighted by Crippen LogP contribution is 2.31. The monoisotopic (exact) mass is 441 g/mol. The molecular weight excluding hydrogens is 402 g/mol. The molecule has 0 aromatic heterocycles. The van der Waals surface area contributed by atoms with E-state index in [0.29, 0.717) is 11.8 Å². The van der Waals surface area contributed by atoms with Crippen LogP contribution in [0.3, 0.4) is 0 Å². The summed E-state index contributed by atoms with van der Waals surface area (Å²) in [5, 5.41) is 7.07. The number of rotatable bonds is 6. The van der Waals surface area contributed by atoms with Crippen LogP contribution in [-0.4, -0.2) is 69.7 Å². The lowest BCUT2D eigenvalue weighted by Gasteiger charge is -2.26. The van der Waals surface area contributed by atoms with Crippen LogP contribution in [0, 0.1) is 11.8 Å². The number of benzene rings is 1. The second-order valence-electron chi connectivity index (χ2n) is 9.47. The predicted molar refractivity (Wildman–Crippen MR) is 129 cm³/mol. The number of amides is 1. The summed E-state index contributed by atoms with van der Waals surface area (Å²) in [7, 11) is 3.56. The van der Waals surface area contributed by atoms with Gasteiger partial charge in [-0.05, 0) is 43.7 Å². The number of guanidine groups is 1. The van der Waals surface area contributed by atoms with Crippen LogP contribution in [-0.2, 0) is 4.79 Å². The van der Waals surface area contributed by atoms with Crippen LogP contribution in [0.1, 0.15) is 44.9 Å². The first-order chi connectivity index (χ1) is 15.7. The van der Waals surface area contributed by atoms with Gasteiger partial charge in [0.25, 0.3) is 0 Å². The Labute approximate surface area is 192 Å². The molecule has 176 valence electrons. The van der Waals surface area contributed by atoms with Gasteiger partial charge in [-0.2, -0.15) is 0 Å². The maximum atomic E-state index is 12.8. The van der Waals surface area contributed by atoms with Gasteiger partial charge in [-0.15, -0.1) is 0 Å². The van der Waals surface area contributed by atoms with Crippen LogP contribution in [0.15, 0.2) is 29.3 Å². The highest BCUT2D eigenvalue weighted by molar-refractivity contribution is 5.81. The van der Waals surface area contributed by atoms with Gasteiger partial charge in [-0.25, -0.2) is 0 Å². The molecular formula is C25H39N5O2. The van der Waals surface area contributed by atoms with Crippen LogP contribution in [0.5, 0.6) is 5.75 Å². The minimum atomic E-state index is 0.258. The van der Waals surface area contributed by atoms with E-state index in [0.717, 1.165) is 70.1 Å². The number of hydrogen-bond acceptors (Lipinski definition) is 4. The van der Waals surface area contributed by atoms with Crippen LogP contribution in [0.25, 0.3) is 0 Å². The first-order valence-electron chi connectivity index (χ1n) is 12.3. The SMILES string of the molecule is CN=C(NCC1CCN(c2ccccc2OC)C1)NC1CCN(C(=O)C2CCCCC2)C1. The van der Waals surface area contributed by atoms with Gasteiger partial charge in [0.2, 0.25) is 5.91 Å². The molecule has 7 nitrogen and oxygen atoms in total. The Morgan fingerprint density at radius 2 is 1.91 bits per heavy atom. The molecule has 0 spiro atoms. The summed E-state index contributed by atoms with van der Waals surface area (Å²) in [6.07, 6.45) is 7.98. The number of carbonyl (C=O) groups is 1. The fourth-order valence-electron chi connectivity index (χ4n) is 5.42. The molecule has 32 heavy (non-hydrogen) atoms. The topological polar surface area (TPSA) is 69.2 Å². The van der Waals surface area contributed by atoms with Crippen molar-refractivity contribution < 1.29 is 9.53 Å².